The Kier molecular flexibility index (Phi) is 5.55. The van der Waals surface area contributed by atoms with Crippen molar-refractivity contribution in [2.45, 2.75) is 50.9 Å². The van der Waals surface area contributed by atoms with E-state index in [9.17, 15) is 31.1 Å². The number of nitrogens with zero attached hydrogens (tertiary/aromatic N) is 6. The third-order valence-electron chi connectivity index (χ3n) is 5.30. The predicted molar refractivity (Wildman–Crippen MR) is 96.1 cm³/mol. The highest BCUT2D eigenvalue weighted by Crippen LogP contribution is 2.36. The molecule has 2 aromatic heterocycles. The van der Waals surface area contributed by atoms with E-state index in [4.69, 9.17) is 4.74 Å². The molecule has 0 N–H and O–H groups in total. The maximum absolute atomic E-state index is 13.8. The molecule has 4 rings (SSSR count). The molecule has 176 valence electrons. The summed E-state index contributed by atoms with van der Waals surface area (Å²) in [5.74, 6) is -2.45. The van der Waals surface area contributed by atoms with Gasteiger partial charge >= 0.3 is 12.4 Å². The smallest absolute Gasteiger partial charge is 0.377 e. The van der Waals surface area contributed by atoms with Crippen LogP contribution >= 0.6 is 0 Å². The number of anilines is 2. The largest absolute Gasteiger partial charge is 0.455 e. The summed E-state index contributed by atoms with van der Waals surface area (Å²) in [6.45, 7) is 1.82. The average molecular weight is 468 g/mol. The fourth-order valence-electron chi connectivity index (χ4n) is 3.77. The van der Waals surface area contributed by atoms with Gasteiger partial charge in [-0.1, -0.05) is 5.16 Å². The van der Waals surface area contributed by atoms with Crippen molar-refractivity contribution in [1.29, 1.82) is 0 Å². The van der Waals surface area contributed by atoms with Crippen LogP contribution in [0.3, 0.4) is 0 Å². The van der Waals surface area contributed by atoms with Gasteiger partial charge in [0.25, 0.3) is 11.4 Å². The van der Waals surface area contributed by atoms with E-state index in [0.29, 0.717) is 24.7 Å². The maximum atomic E-state index is 13.8. The Labute approximate surface area is 176 Å². The summed E-state index contributed by atoms with van der Waals surface area (Å²) < 4.78 is 90.6. The van der Waals surface area contributed by atoms with Crippen molar-refractivity contribution in [1.82, 2.24) is 19.7 Å². The van der Waals surface area contributed by atoms with Gasteiger partial charge in [0.15, 0.2) is 0 Å². The van der Waals surface area contributed by atoms with E-state index in [-0.39, 0.29) is 24.4 Å². The van der Waals surface area contributed by atoms with Gasteiger partial charge in [-0.3, -0.25) is 9.36 Å². The van der Waals surface area contributed by atoms with Crippen LogP contribution in [0.1, 0.15) is 25.1 Å². The van der Waals surface area contributed by atoms with Gasteiger partial charge in [-0.15, -0.1) is 0 Å². The second-order valence-electron chi connectivity index (χ2n) is 7.51. The van der Waals surface area contributed by atoms with E-state index in [1.807, 2.05) is 6.92 Å². The predicted octanol–water partition coefficient (Wildman–Crippen LogP) is 2.21. The topological polar surface area (TPSA) is 89.5 Å². The Morgan fingerprint density at radius 3 is 2.53 bits per heavy atom. The van der Waals surface area contributed by atoms with E-state index in [2.05, 4.69) is 19.6 Å². The van der Waals surface area contributed by atoms with Gasteiger partial charge in [0.2, 0.25) is 11.8 Å². The average Bonchev–Trinajstić information content (AvgIpc) is 3.17. The van der Waals surface area contributed by atoms with Gasteiger partial charge in [-0.25, -0.2) is 0 Å². The zero-order valence-corrected chi connectivity index (χ0v) is 16.7. The third-order valence-corrected chi connectivity index (χ3v) is 5.30. The van der Waals surface area contributed by atoms with Crippen molar-refractivity contribution in [2.75, 3.05) is 29.6 Å². The molecule has 1 saturated heterocycles. The highest BCUT2D eigenvalue weighted by atomic mass is 19.4. The Balaban J connectivity index is 1.76. The molecule has 2 aromatic rings. The van der Waals surface area contributed by atoms with Gasteiger partial charge in [-0.05, 0) is 13.3 Å². The van der Waals surface area contributed by atoms with Gasteiger partial charge in [0.05, 0.1) is 19.3 Å². The first-order valence-electron chi connectivity index (χ1n) is 9.64. The molecule has 2 aliphatic heterocycles. The molecule has 9 nitrogen and oxygen atoms in total. The molecule has 0 spiro atoms. The Morgan fingerprint density at radius 2 is 1.91 bits per heavy atom. The van der Waals surface area contributed by atoms with Crippen molar-refractivity contribution < 1.29 is 35.6 Å². The van der Waals surface area contributed by atoms with E-state index >= 15 is 0 Å². The Morgan fingerprint density at radius 1 is 1.16 bits per heavy atom. The number of fused-ring (bicyclic) bond motifs is 1. The fourth-order valence-corrected chi connectivity index (χ4v) is 3.77. The van der Waals surface area contributed by atoms with Crippen molar-refractivity contribution in [3.63, 3.8) is 0 Å². The van der Waals surface area contributed by atoms with Crippen LogP contribution in [-0.4, -0.2) is 57.7 Å². The number of alkyl halides is 6. The number of hydrogen-bond acceptors (Lipinski definition) is 8. The minimum atomic E-state index is -4.92. The maximum Gasteiger partial charge on any atom is 0.455 e. The molecule has 0 amide bonds. The van der Waals surface area contributed by atoms with Crippen molar-refractivity contribution in [3.8, 4) is 0 Å². The lowest BCUT2D eigenvalue weighted by molar-refractivity contribution is -0.153. The van der Waals surface area contributed by atoms with Crippen LogP contribution in [0.2, 0.25) is 0 Å². The van der Waals surface area contributed by atoms with Gasteiger partial charge < -0.3 is 19.1 Å². The summed E-state index contributed by atoms with van der Waals surface area (Å²) >= 11 is 0. The molecule has 2 atom stereocenters. The molecule has 0 radical (unpaired) electrons. The second kappa shape index (κ2) is 7.94. The molecular formula is C17H18F6N6O3. The second-order valence-corrected chi connectivity index (χ2v) is 7.51. The van der Waals surface area contributed by atoms with Gasteiger partial charge in [-0.2, -0.15) is 36.3 Å². The van der Waals surface area contributed by atoms with E-state index in [0.717, 1.165) is 4.57 Å². The molecule has 0 saturated carbocycles. The molecule has 0 bridgehead atoms. The van der Waals surface area contributed by atoms with Crippen LogP contribution in [0.15, 0.2) is 15.4 Å². The lowest BCUT2D eigenvalue weighted by Crippen LogP contribution is -2.52. The molecule has 32 heavy (non-hydrogen) atoms. The molecule has 0 unspecified atom stereocenters. The van der Waals surface area contributed by atoms with Crippen LogP contribution in [0.4, 0.5) is 38.1 Å². The highest BCUT2D eigenvalue weighted by molar-refractivity contribution is 5.47. The lowest BCUT2D eigenvalue weighted by Gasteiger charge is -2.39. The molecule has 0 aliphatic carbocycles. The zero-order chi connectivity index (χ0) is 23.3. The quantitative estimate of drug-likeness (QED) is 0.634. The van der Waals surface area contributed by atoms with Crippen LogP contribution < -0.4 is 15.4 Å². The van der Waals surface area contributed by atoms with Gasteiger partial charge in [0.1, 0.15) is 18.4 Å². The number of rotatable bonds is 3. The van der Waals surface area contributed by atoms with Crippen molar-refractivity contribution >= 4 is 11.8 Å². The van der Waals surface area contributed by atoms with Crippen LogP contribution in [0.5, 0.6) is 0 Å². The molecule has 15 heteroatoms. The van der Waals surface area contributed by atoms with Crippen LogP contribution in [-0.2, 0) is 24.0 Å². The Hall–Kier alpha value is -2.84. The summed E-state index contributed by atoms with van der Waals surface area (Å²) in [6.07, 6.45) is -10.1. The number of aromatic nitrogens is 4. The molecule has 4 heterocycles. The summed E-state index contributed by atoms with van der Waals surface area (Å²) in [5.41, 5.74) is -0.573. The van der Waals surface area contributed by atoms with Crippen LogP contribution in [0, 0.1) is 0 Å². The van der Waals surface area contributed by atoms with Crippen molar-refractivity contribution in [3.05, 3.63) is 28.1 Å². The number of hydrogen-bond donors (Lipinski definition) is 0. The monoisotopic (exact) mass is 468 g/mol. The third kappa shape index (κ3) is 4.25. The highest BCUT2D eigenvalue weighted by Gasteiger charge is 2.48. The first-order chi connectivity index (χ1) is 14.9. The SMILES string of the molecule is C[C@@H]1COCCN1c1cc(=O)n2c(n1)N(Cc1nc(C(F)(F)F)no1)[C@H](C(F)(F)F)CC2. The molecule has 0 aromatic carbocycles. The fraction of sp³-hybridized carbons (Fsp3) is 0.647. The van der Waals surface area contributed by atoms with Gasteiger partial charge in [0, 0.05) is 19.2 Å². The first kappa shape index (κ1) is 22.4. The van der Waals surface area contributed by atoms with E-state index in [1.54, 1.807) is 4.90 Å². The minimum Gasteiger partial charge on any atom is -0.377 e. The minimum absolute atomic E-state index is 0.159. The number of ether oxygens (including phenoxy) is 1. The molecular weight excluding hydrogens is 450 g/mol. The summed E-state index contributed by atoms with van der Waals surface area (Å²) in [5, 5.41) is 2.78. The summed E-state index contributed by atoms with van der Waals surface area (Å²) in [7, 11) is 0. The molecule has 1 fully saturated rings. The Bertz CT molecular complexity index is 1040. The summed E-state index contributed by atoms with van der Waals surface area (Å²) in [4.78, 5) is 22.6. The van der Waals surface area contributed by atoms with E-state index in [1.165, 1.54) is 6.07 Å². The lowest BCUT2D eigenvalue weighted by atomic mass is 10.1. The zero-order valence-electron chi connectivity index (χ0n) is 16.7. The number of morpholine rings is 1. The summed E-state index contributed by atoms with van der Waals surface area (Å²) in [6, 6.07) is -1.06. The standard InChI is InChI=1S/C17H18F6N6O3/c1-9-8-31-5-4-27(9)11-6-13(30)28-3-2-10(16(18,19)20)29(15(28)24-11)7-12-25-14(26-32-12)17(21,22)23/h6,9-10H,2-5,7-8H2,1H3/t9-,10+/m1/s1. The van der Waals surface area contributed by atoms with Crippen molar-refractivity contribution in [2.24, 2.45) is 0 Å². The normalized spacial score (nSPS) is 22.2. The molecule has 2 aliphatic rings. The number of halogens is 6. The van der Waals surface area contributed by atoms with Crippen LogP contribution in [0.25, 0.3) is 0 Å². The first-order valence-corrected chi connectivity index (χ1v) is 9.64. The van der Waals surface area contributed by atoms with E-state index < -0.39 is 48.6 Å².